The Kier molecular flexibility index (Phi) is 5.26. The summed E-state index contributed by atoms with van der Waals surface area (Å²) in [5.41, 5.74) is -0.538. The van der Waals surface area contributed by atoms with Gasteiger partial charge >= 0.3 is 0 Å². The molecule has 6 nitrogen and oxygen atoms in total. The van der Waals surface area contributed by atoms with E-state index in [1.54, 1.807) is 7.11 Å². The number of amides is 1. The molecule has 6 heteroatoms. The molecule has 0 aromatic heterocycles. The number of oxime groups is 1. The summed E-state index contributed by atoms with van der Waals surface area (Å²) in [5, 5.41) is 13.7. The number of carbonyl (C=O) groups is 2. The number of nitrogens with zero attached hydrogens (tertiary/aromatic N) is 1. The van der Waals surface area contributed by atoms with E-state index in [-0.39, 0.29) is 5.78 Å². The van der Waals surface area contributed by atoms with Gasteiger partial charge in [-0.1, -0.05) is 23.4 Å². The van der Waals surface area contributed by atoms with Gasteiger partial charge in [0.2, 0.25) is 5.78 Å². The fourth-order valence-corrected chi connectivity index (χ4v) is 1.52. The van der Waals surface area contributed by atoms with Crippen LogP contribution in [0.15, 0.2) is 29.5 Å². The average molecular weight is 252 g/mol. The number of ketones is 1. The molecule has 0 aromatic rings. The Balaban J connectivity index is 0.000000199. The summed E-state index contributed by atoms with van der Waals surface area (Å²) in [6.07, 6.45) is 10.1. The number of rotatable bonds is 2. The van der Waals surface area contributed by atoms with E-state index in [0.717, 1.165) is 0 Å². The molecule has 2 N–H and O–H groups in total. The number of carbonyl (C=O) groups excluding carboxylic acids is 2. The molecule has 1 fully saturated rings. The van der Waals surface area contributed by atoms with Crippen molar-refractivity contribution >= 4 is 17.9 Å². The summed E-state index contributed by atoms with van der Waals surface area (Å²) in [5.74, 6) is -0.722. The maximum atomic E-state index is 10.2. The highest BCUT2D eigenvalue weighted by Crippen LogP contribution is 2.18. The van der Waals surface area contributed by atoms with Crippen LogP contribution in [-0.4, -0.2) is 42.4 Å². The molecule has 18 heavy (non-hydrogen) atoms. The molecule has 0 spiro atoms. The smallest absolute Gasteiger partial charge is 0.287 e. The van der Waals surface area contributed by atoms with Gasteiger partial charge < -0.3 is 15.3 Å². The Morgan fingerprint density at radius 2 is 2.28 bits per heavy atom. The number of allylic oxidation sites excluding steroid dienone is 2. The number of methoxy groups -OCH3 is 1. The van der Waals surface area contributed by atoms with Crippen LogP contribution in [0.25, 0.3) is 0 Å². The van der Waals surface area contributed by atoms with Crippen molar-refractivity contribution in [2.45, 2.75) is 18.4 Å². The lowest BCUT2D eigenvalue weighted by molar-refractivity contribution is -0.135. The summed E-state index contributed by atoms with van der Waals surface area (Å²) >= 11 is 0. The molecule has 0 bridgehead atoms. The summed E-state index contributed by atoms with van der Waals surface area (Å²) < 4.78 is 5.17. The van der Waals surface area contributed by atoms with Crippen LogP contribution in [0.4, 0.5) is 0 Å². The van der Waals surface area contributed by atoms with Gasteiger partial charge in [0.15, 0.2) is 0 Å². The van der Waals surface area contributed by atoms with Crippen LogP contribution in [0, 0.1) is 0 Å². The lowest BCUT2D eigenvalue weighted by atomic mass is 9.97. The second kappa shape index (κ2) is 6.70. The van der Waals surface area contributed by atoms with E-state index in [0.29, 0.717) is 19.4 Å². The summed E-state index contributed by atoms with van der Waals surface area (Å²) in [4.78, 5) is 20.3. The van der Waals surface area contributed by atoms with Crippen molar-refractivity contribution in [3.8, 4) is 0 Å². The van der Waals surface area contributed by atoms with Gasteiger partial charge in [0.25, 0.3) is 5.91 Å². The first-order chi connectivity index (χ1) is 8.63. The molecule has 0 saturated carbocycles. The van der Waals surface area contributed by atoms with Crippen LogP contribution in [0.3, 0.4) is 0 Å². The minimum atomic E-state index is -0.538. The minimum absolute atomic E-state index is 0.292. The monoisotopic (exact) mass is 252 g/mol. The fourth-order valence-electron chi connectivity index (χ4n) is 1.52. The van der Waals surface area contributed by atoms with E-state index in [2.05, 4.69) is 10.5 Å². The van der Waals surface area contributed by atoms with Crippen LogP contribution >= 0.6 is 0 Å². The molecular formula is C12H16N2O4. The summed E-state index contributed by atoms with van der Waals surface area (Å²) in [6.45, 7) is 0.525. The zero-order valence-electron chi connectivity index (χ0n) is 10.1. The first-order valence-electron chi connectivity index (χ1n) is 5.53. The standard InChI is InChI=1S/C8H11NO2.C4H5NO2/c1-11-8(7-9-10)5-3-2-4-6-8;6-3-1-2-5-4(3)7/h2-5,7,10H,6H2,1H3;1-2H2,(H,5,7). The van der Waals surface area contributed by atoms with E-state index in [1.165, 1.54) is 6.21 Å². The number of ether oxygens (including phenoxy) is 1. The molecule has 1 unspecified atom stereocenters. The third-order valence-electron chi connectivity index (χ3n) is 2.61. The molecular weight excluding hydrogens is 236 g/mol. The van der Waals surface area contributed by atoms with Crippen LogP contribution in [0.1, 0.15) is 12.8 Å². The predicted octanol–water partition coefficient (Wildman–Crippen LogP) is 0.423. The Morgan fingerprint density at radius 1 is 1.50 bits per heavy atom. The van der Waals surface area contributed by atoms with Crippen molar-refractivity contribution in [1.29, 1.82) is 0 Å². The van der Waals surface area contributed by atoms with Crippen molar-refractivity contribution in [2.24, 2.45) is 5.16 Å². The molecule has 0 radical (unpaired) electrons. The lowest BCUT2D eigenvalue weighted by Gasteiger charge is -2.23. The molecule has 2 aliphatic rings. The lowest BCUT2D eigenvalue weighted by Crippen LogP contribution is -2.31. The fraction of sp³-hybridized carbons (Fsp3) is 0.417. The van der Waals surface area contributed by atoms with Gasteiger partial charge in [0.1, 0.15) is 5.60 Å². The molecule has 1 saturated heterocycles. The van der Waals surface area contributed by atoms with Crippen molar-refractivity contribution in [3.05, 3.63) is 24.3 Å². The third kappa shape index (κ3) is 3.81. The quantitative estimate of drug-likeness (QED) is 0.323. The highest BCUT2D eigenvalue weighted by Gasteiger charge is 2.24. The van der Waals surface area contributed by atoms with Gasteiger partial charge in [0.05, 0.1) is 6.21 Å². The molecule has 2 rings (SSSR count). The van der Waals surface area contributed by atoms with Gasteiger partial charge in [0, 0.05) is 26.5 Å². The van der Waals surface area contributed by atoms with Crippen LogP contribution in [0.2, 0.25) is 0 Å². The first kappa shape index (κ1) is 14.1. The summed E-state index contributed by atoms with van der Waals surface area (Å²) in [7, 11) is 1.59. The van der Waals surface area contributed by atoms with Gasteiger partial charge in [-0.05, 0) is 6.08 Å². The molecule has 98 valence electrons. The van der Waals surface area contributed by atoms with E-state index < -0.39 is 11.5 Å². The largest absolute Gasteiger partial charge is 0.411 e. The molecule has 1 aliphatic heterocycles. The molecule has 1 heterocycles. The number of hydrogen-bond acceptors (Lipinski definition) is 5. The zero-order chi connectivity index (χ0) is 13.4. The molecule has 1 aliphatic carbocycles. The van der Waals surface area contributed by atoms with E-state index in [9.17, 15) is 9.59 Å². The Bertz CT molecular complexity index is 387. The topological polar surface area (TPSA) is 88.0 Å². The Morgan fingerprint density at radius 3 is 2.61 bits per heavy atom. The average Bonchev–Trinajstić information content (AvgIpc) is 2.76. The number of hydrogen-bond donors (Lipinski definition) is 2. The maximum Gasteiger partial charge on any atom is 0.287 e. The molecule has 0 aromatic carbocycles. The second-order valence-electron chi connectivity index (χ2n) is 3.82. The minimum Gasteiger partial charge on any atom is -0.411 e. The maximum absolute atomic E-state index is 10.2. The summed E-state index contributed by atoms with van der Waals surface area (Å²) in [6, 6.07) is 0. The normalized spacial score (nSPS) is 26.1. The van der Waals surface area contributed by atoms with Gasteiger partial charge in [-0.2, -0.15) is 0 Å². The van der Waals surface area contributed by atoms with Gasteiger partial charge in [-0.3, -0.25) is 9.59 Å². The van der Waals surface area contributed by atoms with Crippen molar-refractivity contribution in [2.75, 3.05) is 13.7 Å². The van der Waals surface area contributed by atoms with Gasteiger partial charge in [-0.25, -0.2) is 0 Å². The number of nitrogens with one attached hydrogen (secondary N) is 1. The van der Waals surface area contributed by atoms with Crippen molar-refractivity contribution in [3.63, 3.8) is 0 Å². The van der Waals surface area contributed by atoms with Gasteiger partial charge in [-0.15, -0.1) is 0 Å². The SMILES string of the molecule is COC1(C=NO)C=CC=CC1.O=C1CCNC1=O. The second-order valence-corrected chi connectivity index (χ2v) is 3.82. The highest BCUT2D eigenvalue weighted by molar-refractivity contribution is 6.37. The zero-order valence-corrected chi connectivity index (χ0v) is 10.1. The van der Waals surface area contributed by atoms with Crippen molar-refractivity contribution < 1.29 is 19.5 Å². The Hall–Kier alpha value is -1.95. The van der Waals surface area contributed by atoms with E-state index >= 15 is 0 Å². The third-order valence-corrected chi connectivity index (χ3v) is 2.61. The number of Topliss-reactive ketones (excluding diaryl/α,β-unsaturated/α-hetero) is 1. The van der Waals surface area contributed by atoms with Crippen LogP contribution in [0.5, 0.6) is 0 Å². The molecule has 1 atom stereocenters. The Labute approximate surface area is 105 Å². The molecule has 1 amide bonds. The van der Waals surface area contributed by atoms with Crippen LogP contribution < -0.4 is 5.32 Å². The first-order valence-corrected chi connectivity index (χ1v) is 5.53. The predicted molar refractivity (Wildman–Crippen MR) is 65.5 cm³/mol. The van der Waals surface area contributed by atoms with E-state index in [1.807, 2.05) is 24.3 Å². The van der Waals surface area contributed by atoms with Crippen molar-refractivity contribution in [1.82, 2.24) is 5.32 Å². The van der Waals surface area contributed by atoms with Crippen LogP contribution in [-0.2, 0) is 14.3 Å². The highest BCUT2D eigenvalue weighted by atomic mass is 16.5. The van der Waals surface area contributed by atoms with E-state index in [4.69, 9.17) is 9.94 Å².